The van der Waals surface area contributed by atoms with E-state index in [1.807, 2.05) is 18.3 Å². The van der Waals surface area contributed by atoms with E-state index in [0.29, 0.717) is 11.6 Å². The number of ketones is 1. The van der Waals surface area contributed by atoms with Gasteiger partial charge in [-0.1, -0.05) is 0 Å². The van der Waals surface area contributed by atoms with E-state index < -0.39 is 0 Å². The van der Waals surface area contributed by atoms with Crippen molar-refractivity contribution in [1.82, 2.24) is 15.3 Å². The van der Waals surface area contributed by atoms with Gasteiger partial charge in [-0.15, -0.1) is 0 Å². The van der Waals surface area contributed by atoms with Crippen LogP contribution in [0.25, 0.3) is 17.1 Å². The summed E-state index contributed by atoms with van der Waals surface area (Å²) in [6.45, 7) is 0. The van der Waals surface area contributed by atoms with Crippen LogP contribution in [0.1, 0.15) is 31.2 Å². The van der Waals surface area contributed by atoms with Crippen LogP contribution in [0.3, 0.4) is 0 Å². The molecular weight excluding hydrogens is 306 g/mol. The summed E-state index contributed by atoms with van der Waals surface area (Å²) in [5.74, 6) is 0.648. The zero-order chi connectivity index (χ0) is 16.5. The van der Waals surface area contributed by atoms with Crippen molar-refractivity contribution in [2.75, 3.05) is 0 Å². The standard InChI is InChI=1S/C18H19N3O3/c22-13-5-3-12(4-6-13)21-17-9-15(23)16(24-17)8-11-10-20-18-14(11)2-1-7-19-18/h1-2,7-10,12-13,21-22H,3-6H2,(H,19,20)/t12-,13-. The summed E-state index contributed by atoms with van der Waals surface area (Å²) in [6.07, 6.45) is 9.88. The smallest absolute Gasteiger partial charge is 0.226 e. The predicted molar refractivity (Wildman–Crippen MR) is 89.6 cm³/mol. The lowest BCUT2D eigenvalue weighted by atomic mass is 9.93. The van der Waals surface area contributed by atoms with Crippen LogP contribution in [-0.4, -0.2) is 33.0 Å². The van der Waals surface area contributed by atoms with E-state index in [2.05, 4.69) is 15.3 Å². The SMILES string of the molecule is O=C1C=C(N[C@H]2CC[C@H](O)CC2)OC1=Cc1c[nH]c2ncccc12. The Balaban J connectivity index is 1.47. The summed E-state index contributed by atoms with van der Waals surface area (Å²) in [7, 11) is 0. The van der Waals surface area contributed by atoms with E-state index in [1.54, 1.807) is 12.3 Å². The van der Waals surface area contributed by atoms with Gasteiger partial charge in [-0.25, -0.2) is 4.98 Å². The number of carbonyl (C=O) groups excluding carboxylic acids is 1. The molecule has 1 fully saturated rings. The van der Waals surface area contributed by atoms with Crippen LogP contribution in [0.2, 0.25) is 0 Å². The fourth-order valence-electron chi connectivity index (χ4n) is 3.22. The second-order valence-electron chi connectivity index (χ2n) is 6.28. The predicted octanol–water partition coefficient (Wildman–Crippen LogP) is 2.24. The highest BCUT2D eigenvalue weighted by Gasteiger charge is 2.25. The Morgan fingerprint density at radius 2 is 2.17 bits per heavy atom. The van der Waals surface area contributed by atoms with Gasteiger partial charge in [-0.05, 0) is 43.9 Å². The number of nitrogens with zero attached hydrogens (tertiary/aromatic N) is 1. The van der Waals surface area contributed by atoms with Gasteiger partial charge in [-0.3, -0.25) is 4.79 Å². The first kappa shape index (κ1) is 15.0. The summed E-state index contributed by atoms with van der Waals surface area (Å²) < 4.78 is 5.69. The van der Waals surface area contributed by atoms with Crippen LogP contribution in [0.4, 0.5) is 0 Å². The summed E-state index contributed by atoms with van der Waals surface area (Å²) in [6, 6.07) is 4.05. The number of ether oxygens (including phenoxy) is 1. The maximum Gasteiger partial charge on any atom is 0.226 e. The second kappa shape index (κ2) is 6.13. The van der Waals surface area contributed by atoms with E-state index in [-0.39, 0.29) is 17.9 Å². The van der Waals surface area contributed by atoms with Gasteiger partial charge in [0.1, 0.15) is 5.65 Å². The highest BCUT2D eigenvalue weighted by molar-refractivity contribution is 6.08. The number of aromatic amines is 1. The molecule has 1 saturated carbocycles. The molecule has 3 N–H and O–H groups in total. The Hall–Kier alpha value is -2.60. The number of hydrogen-bond donors (Lipinski definition) is 3. The molecule has 2 aromatic rings. The van der Waals surface area contributed by atoms with Crippen LogP contribution in [0, 0.1) is 0 Å². The highest BCUT2D eigenvalue weighted by Crippen LogP contribution is 2.25. The van der Waals surface area contributed by atoms with Crippen molar-refractivity contribution in [2.45, 2.75) is 37.8 Å². The number of allylic oxidation sites excluding steroid dienone is 1. The molecule has 0 saturated heterocycles. The van der Waals surface area contributed by atoms with Crippen molar-refractivity contribution < 1.29 is 14.6 Å². The van der Waals surface area contributed by atoms with E-state index in [0.717, 1.165) is 42.3 Å². The molecule has 0 radical (unpaired) electrons. The molecule has 6 nitrogen and oxygen atoms in total. The minimum absolute atomic E-state index is 0.147. The van der Waals surface area contributed by atoms with Gasteiger partial charge >= 0.3 is 0 Å². The van der Waals surface area contributed by atoms with Gasteiger partial charge in [0, 0.05) is 35.5 Å². The van der Waals surface area contributed by atoms with Gasteiger partial charge in [0.15, 0.2) is 11.6 Å². The van der Waals surface area contributed by atoms with Crippen molar-refractivity contribution in [3.8, 4) is 0 Å². The fraction of sp³-hybridized carbons (Fsp3) is 0.333. The Morgan fingerprint density at radius 1 is 1.33 bits per heavy atom. The Morgan fingerprint density at radius 3 is 3.00 bits per heavy atom. The molecule has 0 amide bonds. The first-order valence-corrected chi connectivity index (χ1v) is 8.21. The molecule has 2 aromatic heterocycles. The van der Waals surface area contributed by atoms with Gasteiger partial charge < -0.3 is 20.1 Å². The van der Waals surface area contributed by atoms with Gasteiger partial charge in [-0.2, -0.15) is 0 Å². The minimum atomic E-state index is -0.200. The normalized spacial score (nSPS) is 25.8. The lowest BCUT2D eigenvalue weighted by molar-refractivity contribution is -0.112. The third-order valence-electron chi connectivity index (χ3n) is 4.54. The Labute approximate surface area is 139 Å². The lowest BCUT2D eigenvalue weighted by Crippen LogP contribution is -2.34. The average molecular weight is 325 g/mol. The van der Waals surface area contributed by atoms with Crippen LogP contribution < -0.4 is 5.32 Å². The molecule has 1 aliphatic carbocycles. The van der Waals surface area contributed by atoms with E-state index in [1.165, 1.54) is 6.08 Å². The summed E-state index contributed by atoms with van der Waals surface area (Å²) in [5, 5.41) is 13.8. The van der Waals surface area contributed by atoms with Gasteiger partial charge in [0.05, 0.1) is 6.10 Å². The molecule has 6 heteroatoms. The van der Waals surface area contributed by atoms with E-state index >= 15 is 0 Å². The van der Waals surface area contributed by atoms with Crippen molar-refractivity contribution in [3.63, 3.8) is 0 Å². The topological polar surface area (TPSA) is 87.2 Å². The molecular formula is C18H19N3O3. The van der Waals surface area contributed by atoms with E-state index in [4.69, 9.17) is 4.74 Å². The van der Waals surface area contributed by atoms with Gasteiger partial charge in [0.2, 0.25) is 5.78 Å². The molecule has 1 aliphatic heterocycles. The largest absolute Gasteiger partial charge is 0.437 e. The van der Waals surface area contributed by atoms with Crippen LogP contribution in [0.15, 0.2) is 42.2 Å². The van der Waals surface area contributed by atoms with Crippen LogP contribution >= 0.6 is 0 Å². The van der Waals surface area contributed by atoms with Crippen molar-refractivity contribution >= 4 is 22.9 Å². The molecule has 0 unspecified atom stereocenters. The molecule has 4 rings (SSSR count). The number of fused-ring (bicyclic) bond motifs is 1. The number of aliphatic hydroxyl groups excluding tert-OH is 1. The first-order chi connectivity index (χ1) is 11.7. The molecule has 24 heavy (non-hydrogen) atoms. The third kappa shape index (κ3) is 2.92. The maximum absolute atomic E-state index is 12.2. The number of nitrogens with one attached hydrogen (secondary N) is 2. The molecule has 0 aromatic carbocycles. The minimum Gasteiger partial charge on any atom is -0.437 e. The van der Waals surface area contributed by atoms with Crippen molar-refractivity contribution in [2.24, 2.45) is 0 Å². The number of aliphatic hydroxyl groups is 1. The summed E-state index contributed by atoms with van der Waals surface area (Å²) in [4.78, 5) is 19.5. The fourth-order valence-corrected chi connectivity index (χ4v) is 3.22. The number of carbonyl (C=O) groups is 1. The third-order valence-corrected chi connectivity index (χ3v) is 4.54. The van der Waals surface area contributed by atoms with Crippen molar-refractivity contribution in [1.29, 1.82) is 0 Å². The second-order valence-corrected chi connectivity index (χ2v) is 6.28. The van der Waals surface area contributed by atoms with Gasteiger partial charge in [0.25, 0.3) is 0 Å². The summed E-state index contributed by atoms with van der Waals surface area (Å²) in [5.41, 5.74) is 1.65. The zero-order valence-electron chi connectivity index (χ0n) is 13.2. The van der Waals surface area contributed by atoms with Crippen molar-refractivity contribution in [3.05, 3.63) is 47.8 Å². The molecule has 0 atom stereocenters. The molecule has 2 aliphatic rings. The maximum atomic E-state index is 12.2. The average Bonchev–Trinajstić information content (AvgIpc) is 3.14. The lowest BCUT2D eigenvalue weighted by Gasteiger charge is -2.26. The van der Waals surface area contributed by atoms with E-state index in [9.17, 15) is 9.90 Å². The molecule has 0 spiro atoms. The Bertz CT molecular complexity index is 829. The number of H-pyrrole nitrogens is 1. The summed E-state index contributed by atoms with van der Waals surface area (Å²) >= 11 is 0. The monoisotopic (exact) mass is 325 g/mol. The molecule has 124 valence electrons. The Kier molecular flexibility index (Phi) is 3.82. The molecule has 3 heterocycles. The quantitative estimate of drug-likeness (QED) is 0.753. The molecule has 0 bridgehead atoms. The zero-order valence-corrected chi connectivity index (χ0v) is 13.2. The number of hydrogen-bond acceptors (Lipinski definition) is 5. The number of rotatable bonds is 3. The first-order valence-electron chi connectivity index (χ1n) is 8.21. The highest BCUT2D eigenvalue weighted by atomic mass is 16.5. The number of aromatic nitrogens is 2. The van der Waals surface area contributed by atoms with Crippen LogP contribution in [-0.2, 0) is 9.53 Å². The van der Waals surface area contributed by atoms with Crippen LogP contribution in [0.5, 0.6) is 0 Å². The number of pyridine rings is 1.